The van der Waals surface area contributed by atoms with Crippen LogP contribution >= 0.6 is 0 Å². The van der Waals surface area contributed by atoms with Crippen LogP contribution in [0.1, 0.15) is 57.9 Å². The fourth-order valence-electron chi connectivity index (χ4n) is 4.13. The zero-order valence-corrected chi connectivity index (χ0v) is 15.5. The summed E-state index contributed by atoms with van der Waals surface area (Å²) in [7, 11) is 0. The molecule has 2 fully saturated rings. The molecule has 1 atom stereocenters. The Morgan fingerprint density at radius 1 is 1.20 bits per heavy atom. The highest BCUT2D eigenvalue weighted by atomic mass is 16.2. The molecular weight excluding hydrogens is 312 g/mol. The monoisotopic (exact) mass is 342 g/mol. The van der Waals surface area contributed by atoms with Crippen molar-refractivity contribution in [2.45, 2.75) is 70.4 Å². The number of nitrogens with one attached hydrogen (secondary N) is 1. The van der Waals surface area contributed by atoms with Crippen molar-refractivity contribution in [3.05, 3.63) is 35.9 Å². The molecular formula is C21H30N2O2. The lowest BCUT2D eigenvalue weighted by atomic mass is 9.86. The van der Waals surface area contributed by atoms with E-state index in [1.165, 1.54) is 18.4 Å². The molecule has 1 unspecified atom stereocenters. The molecule has 1 aromatic carbocycles. The van der Waals surface area contributed by atoms with Gasteiger partial charge < -0.3 is 10.2 Å². The minimum absolute atomic E-state index is 0.0333. The van der Waals surface area contributed by atoms with Gasteiger partial charge in [-0.15, -0.1) is 0 Å². The van der Waals surface area contributed by atoms with Crippen LogP contribution in [0.3, 0.4) is 0 Å². The molecule has 1 heterocycles. The van der Waals surface area contributed by atoms with Crippen molar-refractivity contribution in [1.82, 2.24) is 10.2 Å². The highest BCUT2D eigenvalue weighted by molar-refractivity contribution is 5.94. The van der Waals surface area contributed by atoms with Crippen LogP contribution in [0.5, 0.6) is 0 Å². The number of rotatable bonds is 5. The summed E-state index contributed by atoms with van der Waals surface area (Å²) in [6.45, 7) is 4.82. The van der Waals surface area contributed by atoms with Gasteiger partial charge in [0.1, 0.15) is 5.54 Å². The van der Waals surface area contributed by atoms with Crippen LogP contribution < -0.4 is 5.32 Å². The third-order valence-corrected chi connectivity index (χ3v) is 6.03. The van der Waals surface area contributed by atoms with Gasteiger partial charge >= 0.3 is 0 Å². The Hall–Kier alpha value is -1.84. The summed E-state index contributed by atoms with van der Waals surface area (Å²) < 4.78 is 0. The van der Waals surface area contributed by atoms with Crippen LogP contribution in [0.2, 0.25) is 0 Å². The normalized spacial score (nSPS) is 29.7. The van der Waals surface area contributed by atoms with Gasteiger partial charge in [0.15, 0.2) is 0 Å². The third kappa shape index (κ3) is 4.05. The van der Waals surface area contributed by atoms with Gasteiger partial charge in [-0.05, 0) is 56.9 Å². The molecule has 1 saturated heterocycles. The zero-order valence-electron chi connectivity index (χ0n) is 15.5. The van der Waals surface area contributed by atoms with Crippen molar-refractivity contribution in [3.8, 4) is 0 Å². The van der Waals surface area contributed by atoms with E-state index in [2.05, 4.69) is 24.4 Å². The number of amides is 2. The number of carbonyl (C=O) groups excluding carboxylic acids is 2. The van der Waals surface area contributed by atoms with Crippen molar-refractivity contribution in [1.29, 1.82) is 0 Å². The van der Waals surface area contributed by atoms with Gasteiger partial charge in [0.25, 0.3) is 0 Å². The molecule has 0 spiro atoms. The lowest BCUT2D eigenvalue weighted by molar-refractivity contribution is -0.141. The highest BCUT2D eigenvalue weighted by Gasteiger charge is 2.47. The first kappa shape index (κ1) is 18.0. The lowest BCUT2D eigenvalue weighted by Gasteiger charge is -2.36. The number of hydrogen-bond donors (Lipinski definition) is 1. The molecule has 2 amide bonds. The Morgan fingerprint density at radius 2 is 1.88 bits per heavy atom. The minimum Gasteiger partial charge on any atom is -0.351 e. The van der Waals surface area contributed by atoms with E-state index in [9.17, 15) is 9.59 Å². The molecule has 0 aromatic heterocycles. The third-order valence-electron chi connectivity index (χ3n) is 6.03. The SMILES string of the molecule is CC1CCC(NC(=O)C2(C)CCC(=O)N2CCc2ccccc2)CC1. The summed E-state index contributed by atoms with van der Waals surface area (Å²) >= 11 is 0. The van der Waals surface area contributed by atoms with Crippen molar-refractivity contribution in [2.24, 2.45) is 5.92 Å². The van der Waals surface area contributed by atoms with Gasteiger partial charge in [-0.25, -0.2) is 0 Å². The second-order valence-corrected chi connectivity index (χ2v) is 7.99. The largest absolute Gasteiger partial charge is 0.351 e. The van der Waals surface area contributed by atoms with Crippen molar-refractivity contribution in [3.63, 3.8) is 0 Å². The van der Waals surface area contributed by atoms with Crippen molar-refractivity contribution < 1.29 is 9.59 Å². The predicted molar refractivity (Wildman–Crippen MR) is 99.1 cm³/mol. The average molecular weight is 342 g/mol. The van der Waals surface area contributed by atoms with Gasteiger partial charge in [-0.2, -0.15) is 0 Å². The van der Waals surface area contributed by atoms with Gasteiger partial charge in [0.05, 0.1) is 0 Å². The minimum atomic E-state index is -0.699. The standard InChI is InChI=1S/C21H30N2O2/c1-16-8-10-18(11-9-16)22-20(25)21(2)14-12-19(24)23(21)15-13-17-6-4-3-5-7-17/h3-7,16,18H,8-15H2,1-2H3,(H,22,25). The topological polar surface area (TPSA) is 49.4 Å². The highest BCUT2D eigenvalue weighted by Crippen LogP contribution is 2.31. The molecule has 0 radical (unpaired) electrons. The molecule has 1 aliphatic heterocycles. The van der Waals surface area contributed by atoms with E-state index in [1.807, 2.05) is 25.1 Å². The van der Waals surface area contributed by atoms with Crippen molar-refractivity contribution in [2.75, 3.05) is 6.54 Å². The van der Waals surface area contributed by atoms with E-state index in [4.69, 9.17) is 0 Å². The van der Waals surface area contributed by atoms with Gasteiger partial charge in [-0.1, -0.05) is 37.3 Å². The number of nitrogens with zero attached hydrogens (tertiary/aromatic N) is 1. The molecule has 1 aromatic rings. The Bertz CT molecular complexity index is 608. The summed E-state index contributed by atoms with van der Waals surface area (Å²) in [5, 5.41) is 3.24. The van der Waals surface area contributed by atoms with Gasteiger partial charge in [0.2, 0.25) is 11.8 Å². The summed E-state index contributed by atoms with van der Waals surface area (Å²) in [4.78, 5) is 27.2. The molecule has 2 aliphatic rings. The Kier molecular flexibility index (Phi) is 5.45. The first-order valence-corrected chi connectivity index (χ1v) is 9.64. The Balaban J connectivity index is 1.62. The second kappa shape index (κ2) is 7.59. The lowest BCUT2D eigenvalue weighted by Crippen LogP contribution is -2.57. The Morgan fingerprint density at radius 3 is 2.56 bits per heavy atom. The van der Waals surface area contributed by atoms with Crippen LogP contribution in [0.25, 0.3) is 0 Å². The molecule has 4 heteroatoms. The molecule has 1 N–H and O–H groups in total. The first-order chi connectivity index (χ1) is 12.0. The molecule has 1 aliphatic carbocycles. The number of hydrogen-bond acceptors (Lipinski definition) is 2. The van der Waals surface area contributed by atoms with Crippen molar-refractivity contribution >= 4 is 11.8 Å². The summed E-state index contributed by atoms with van der Waals surface area (Å²) in [5.41, 5.74) is 0.501. The van der Waals surface area contributed by atoms with E-state index < -0.39 is 5.54 Å². The maximum Gasteiger partial charge on any atom is 0.245 e. The van der Waals surface area contributed by atoms with E-state index in [-0.39, 0.29) is 17.9 Å². The van der Waals surface area contributed by atoms with E-state index >= 15 is 0 Å². The zero-order chi connectivity index (χ0) is 17.9. The van der Waals surface area contributed by atoms with Crippen LogP contribution in [-0.4, -0.2) is 34.8 Å². The predicted octanol–water partition coefficient (Wildman–Crippen LogP) is 3.31. The average Bonchev–Trinajstić information content (AvgIpc) is 2.92. The van der Waals surface area contributed by atoms with E-state index in [0.717, 1.165) is 25.2 Å². The molecule has 136 valence electrons. The smallest absolute Gasteiger partial charge is 0.245 e. The molecule has 3 rings (SSSR count). The molecule has 0 bridgehead atoms. The van der Waals surface area contributed by atoms with Crippen LogP contribution in [0.4, 0.5) is 0 Å². The summed E-state index contributed by atoms with van der Waals surface area (Å²) in [5.74, 6) is 0.899. The first-order valence-electron chi connectivity index (χ1n) is 9.64. The molecule has 4 nitrogen and oxygen atoms in total. The molecule has 25 heavy (non-hydrogen) atoms. The Labute approximate surface area is 151 Å². The van der Waals surface area contributed by atoms with E-state index in [1.54, 1.807) is 4.90 Å². The van der Waals surface area contributed by atoms with Gasteiger partial charge in [-0.3, -0.25) is 9.59 Å². The maximum absolute atomic E-state index is 13.0. The summed E-state index contributed by atoms with van der Waals surface area (Å²) in [6.07, 6.45) is 6.35. The number of likely N-dealkylation sites (tertiary alicyclic amines) is 1. The van der Waals surface area contributed by atoms with Crippen LogP contribution in [0, 0.1) is 5.92 Å². The number of carbonyl (C=O) groups is 2. The maximum atomic E-state index is 13.0. The van der Waals surface area contributed by atoms with Crippen LogP contribution in [0.15, 0.2) is 30.3 Å². The number of benzene rings is 1. The summed E-state index contributed by atoms with van der Waals surface area (Å²) in [6, 6.07) is 10.4. The van der Waals surface area contributed by atoms with Crippen LogP contribution in [-0.2, 0) is 16.0 Å². The van der Waals surface area contributed by atoms with E-state index in [0.29, 0.717) is 19.4 Å². The van der Waals surface area contributed by atoms with Gasteiger partial charge in [0, 0.05) is 19.0 Å². The quantitative estimate of drug-likeness (QED) is 0.892. The fraction of sp³-hybridized carbons (Fsp3) is 0.619. The fourth-order valence-corrected chi connectivity index (χ4v) is 4.13. The molecule has 1 saturated carbocycles. The second-order valence-electron chi connectivity index (χ2n) is 7.99.